The van der Waals surface area contributed by atoms with E-state index < -0.39 is 5.97 Å². The lowest BCUT2D eigenvalue weighted by atomic mass is 9.87. The molecule has 1 aliphatic heterocycles. The van der Waals surface area contributed by atoms with Crippen molar-refractivity contribution >= 4 is 11.7 Å². The van der Waals surface area contributed by atoms with Crippen molar-refractivity contribution in [2.45, 2.75) is 26.2 Å². The molecule has 0 amide bonds. The molecule has 4 nitrogen and oxygen atoms in total. The highest BCUT2D eigenvalue weighted by atomic mass is 16.4. The molecule has 1 fully saturated rings. The van der Waals surface area contributed by atoms with Crippen molar-refractivity contribution in [3.8, 4) is 6.07 Å². The van der Waals surface area contributed by atoms with Crippen molar-refractivity contribution in [3.05, 3.63) is 64.7 Å². The first-order valence-corrected chi connectivity index (χ1v) is 8.65. The highest BCUT2D eigenvalue weighted by molar-refractivity contribution is 5.87. The number of benzene rings is 2. The second-order valence-electron chi connectivity index (χ2n) is 6.71. The zero-order valence-electron chi connectivity index (χ0n) is 14.4. The van der Waals surface area contributed by atoms with Crippen LogP contribution in [-0.2, 0) is 6.42 Å². The monoisotopic (exact) mass is 334 g/mol. The SMILES string of the molecule is Cc1ccc(C(=O)O)cc1CC1CCN(c2ccccc2C#N)CC1. The largest absolute Gasteiger partial charge is 0.478 e. The van der Waals surface area contributed by atoms with E-state index >= 15 is 0 Å². The van der Waals surface area contributed by atoms with Gasteiger partial charge in [-0.3, -0.25) is 0 Å². The van der Waals surface area contributed by atoms with E-state index in [9.17, 15) is 15.2 Å². The van der Waals surface area contributed by atoms with Crippen molar-refractivity contribution < 1.29 is 9.90 Å². The molecule has 128 valence electrons. The number of nitrogens with zero attached hydrogens (tertiary/aromatic N) is 2. The van der Waals surface area contributed by atoms with Gasteiger partial charge < -0.3 is 10.0 Å². The molecule has 0 aromatic heterocycles. The fourth-order valence-corrected chi connectivity index (χ4v) is 3.56. The van der Waals surface area contributed by atoms with Gasteiger partial charge in [-0.1, -0.05) is 18.2 Å². The third-order valence-electron chi connectivity index (χ3n) is 5.08. The smallest absolute Gasteiger partial charge is 0.335 e. The lowest BCUT2D eigenvalue weighted by Gasteiger charge is -2.34. The van der Waals surface area contributed by atoms with Crippen LogP contribution in [0.15, 0.2) is 42.5 Å². The van der Waals surface area contributed by atoms with E-state index in [0.29, 0.717) is 11.5 Å². The summed E-state index contributed by atoms with van der Waals surface area (Å²) < 4.78 is 0. The summed E-state index contributed by atoms with van der Waals surface area (Å²) in [5, 5.41) is 18.5. The minimum Gasteiger partial charge on any atom is -0.478 e. The van der Waals surface area contributed by atoms with Gasteiger partial charge in [-0.2, -0.15) is 5.26 Å². The highest BCUT2D eigenvalue weighted by Crippen LogP contribution is 2.28. The topological polar surface area (TPSA) is 64.3 Å². The van der Waals surface area contributed by atoms with Gasteiger partial charge in [0.1, 0.15) is 6.07 Å². The number of carbonyl (C=O) groups is 1. The number of para-hydroxylation sites is 1. The van der Waals surface area contributed by atoms with Gasteiger partial charge in [-0.05, 0) is 67.5 Å². The fraction of sp³-hybridized carbons (Fsp3) is 0.333. The Bertz CT molecular complexity index is 815. The van der Waals surface area contributed by atoms with Gasteiger partial charge in [0.15, 0.2) is 0 Å². The van der Waals surface area contributed by atoms with Crippen LogP contribution in [-0.4, -0.2) is 24.2 Å². The van der Waals surface area contributed by atoms with Crippen LogP contribution in [0.3, 0.4) is 0 Å². The first kappa shape index (κ1) is 17.0. The lowest BCUT2D eigenvalue weighted by molar-refractivity contribution is 0.0696. The molecular weight excluding hydrogens is 312 g/mol. The number of anilines is 1. The number of hydrogen-bond donors (Lipinski definition) is 1. The van der Waals surface area contributed by atoms with Crippen LogP contribution in [0.5, 0.6) is 0 Å². The Labute approximate surface area is 148 Å². The third-order valence-corrected chi connectivity index (χ3v) is 5.08. The lowest BCUT2D eigenvalue weighted by Crippen LogP contribution is -2.34. The summed E-state index contributed by atoms with van der Waals surface area (Å²) in [4.78, 5) is 13.5. The maximum Gasteiger partial charge on any atom is 0.335 e. The summed E-state index contributed by atoms with van der Waals surface area (Å²) in [7, 11) is 0. The summed E-state index contributed by atoms with van der Waals surface area (Å²) in [6, 6.07) is 15.4. The van der Waals surface area contributed by atoms with E-state index in [-0.39, 0.29) is 0 Å². The van der Waals surface area contributed by atoms with Crippen molar-refractivity contribution in [2.75, 3.05) is 18.0 Å². The average molecular weight is 334 g/mol. The maximum atomic E-state index is 11.2. The minimum atomic E-state index is -0.871. The molecule has 1 aliphatic rings. The van der Waals surface area contributed by atoms with E-state index in [4.69, 9.17) is 0 Å². The van der Waals surface area contributed by atoms with Gasteiger partial charge >= 0.3 is 5.97 Å². The summed E-state index contributed by atoms with van der Waals surface area (Å²) in [6.07, 6.45) is 3.02. The van der Waals surface area contributed by atoms with Crippen LogP contribution in [0.2, 0.25) is 0 Å². The van der Waals surface area contributed by atoms with Crippen LogP contribution in [0.4, 0.5) is 5.69 Å². The number of aryl methyl sites for hydroxylation is 1. The molecule has 1 heterocycles. The first-order valence-electron chi connectivity index (χ1n) is 8.65. The van der Waals surface area contributed by atoms with E-state index in [0.717, 1.165) is 54.7 Å². The molecule has 2 aromatic carbocycles. The maximum absolute atomic E-state index is 11.2. The Morgan fingerprint density at radius 2 is 1.96 bits per heavy atom. The number of carboxylic acids is 1. The van der Waals surface area contributed by atoms with E-state index in [1.54, 1.807) is 6.07 Å². The highest BCUT2D eigenvalue weighted by Gasteiger charge is 2.22. The Hall–Kier alpha value is -2.80. The molecule has 0 aliphatic carbocycles. The zero-order chi connectivity index (χ0) is 17.8. The number of piperidine rings is 1. The summed E-state index contributed by atoms with van der Waals surface area (Å²) in [6.45, 7) is 3.90. The second kappa shape index (κ2) is 7.40. The normalized spacial score (nSPS) is 15.0. The van der Waals surface area contributed by atoms with Gasteiger partial charge in [0, 0.05) is 13.1 Å². The number of carboxylic acid groups (broad SMARTS) is 1. The predicted octanol–water partition coefficient (Wildman–Crippen LogP) is 4.02. The molecule has 4 heteroatoms. The van der Waals surface area contributed by atoms with Crippen LogP contribution in [0.1, 0.15) is 39.9 Å². The molecule has 0 atom stereocenters. The molecule has 25 heavy (non-hydrogen) atoms. The minimum absolute atomic E-state index is 0.362. The molecule has 0 bridgehead atoms. The van der Waals surface area contributed by atoms with Gasteiger partial charge in [0.05, 0.1) is 16.8 Å². The molecular formula is C21H22N2O2. The van der Waals surface area contributed by atoms with Crippen LogP contribution in [0.25, 0.3) is 0 Å². The Balaban J connectivity index is 1.66. The van der Waals surface area contributed by atoms with Gasteiger partial charge in [-0.15, -0.1) is 0 Å². The van der Waals surface area contributed by atoms with E-state index in [2.05, 4.69) is 11.0 Å². The predicted molar refractivity (Wildman–Crippen MR) is 97.9 cm³/mol. The molecule has 2 aromatic rings. The van der Waals surface area contributed by atoms with Gasteiger partial charge in [0.25, 0.3) is 0 Å². The average Bonchev–Trinajstić information content (AvgIpc) is 2.64. The number of nitriles is 1. The molecule has 0 saturated carbocycles. The molecule has 0 spiro atoms. The van der Waals surface area contributed by atoms with Crippen LogP contribution >= 0.6 is 0 Å². The Morgan fingerprint density at radius 1 is 1.24 bits per heavy atom. The first-order chi connectivity index (χ1) is 12.1. The molecule has 1 N–H and O–H groups in total. The number of rotatable bonds is 4. The van der Waals surface area contributed by atoms with Crippen LogP contribution < -0.4 is 4.90 Å². The molecule has 1 saturated heterocycles. The summed E-state index contributed by atoms with van der Waals surface area (Å²) in [5.41, 5.74) is 4.40. The Morgan fingerprint density at radius 3 is 2.64 bits per heavy atom. The van der Waals surface area contributed by atoms with Crippen molar-refractivity contribution in [3.63, 3.8) is 0 Å². The van der Waals surface area contributed by atoms with Crippen molar-refractivity contribution in [2.24, 2.45) is 5.92 Å². The Kier molecular flexibility index (Phi) is 5.04. The van der Waals surface area contributed by atoms with Crippen LogP contribution in [0, 0.1) is 24.2 Å². The zero-order valence-corrected chi connectivity index (χ0v) is 14.4. The third kappa shape index (κ3) is 3.83. The molecule has 3 rings (SSSR count). The second-order valence-corrected chi connectivity index (χ2v) is 6.71. The van der Waals surface area contributed by atoms with Gasteiger partial charge in [-0.25, -0.2) is 4.79 Å². The van der Waals surface area contributed by atoms with Gasteiger partial charge in [0.2, 0.25) is 0 Å². The molecule has 0 radical (unpaired) electrons. The number of aromatic carboxylic acids is 1. The van der Waals surface area contributed by atoms with E-state index in [1.165, 1.54) is 0 Å². The van der Waals surface area contributed by atoms with Crippen molar-refractivity contribution in [1.29, 1.82) is 5.26 Å². The van der Waals surface area contributed by atoms with Crippen molar-refractivity contribution in [1.82, 2.24) is 0 Å². The fourth-order valence-electron chi connectivity index (χ4n) is 3.56. The molecule has 0 unspecified atom stereocenters. The van der Waals surface area contributed by atoms with E-state index in [1.807, 2.05) is 43.3 Å². The summed E-state index contributed by atoms with van der Waals surface area (Å²) in [5.74, 6) is -0.322. The standard InChI is InChI=1S/C21H22N2O2/c1-15-6-7-17(21(24)25)13-19(15)12-16-8-10-23(11-9-16)20-5-3-2-4-18(20)14-22/h2-7,13,16H,8-12H2,1H3,(H,24,25). The number of hydrogen-bond acceptors (Lipinski definition) is 3. The quantitative estimate of drug-likeness (QED) is 0.917. The summed E-state index contributed by atoms with van der Waals surface area (Å²) >= 11 is 0.